The lowest BCUT2D eigenvalue weighted by molar-refractivity contribution is -0.316. The van der Waals surface area contributed by atoms with E-state index in [2.05, 4.69) is 6.92 Å². The fourth-order valence-electron chi connectivity index (χ4n) is 3.89. The van der Waals surface area contributed by atoms with Gasteiger partial charge in [0, 0.05) is 7.79 Å². The average molecular weight is 405 g/mol. The summed E-state index contributed by atoms with van der Waals surface area (Å²) in [6, 6.07) is -1.17. The molecule has 6 nitrogen and oxygen atoms in total. The van der Waals surface area contributed by atoms with Crippen LogP contribution >= 0.6 is 0 Å². The summed E-state index contributed by atoms with van der Waals surface area (Å²) in [5, 5.41) is 39.7. The molecule has 0 aliphatic carbocycles. The number of nitrogens with two attached hydrogens (primary N) is 1. The Morgan fingerprint density at radius 3 is 1.86 bits per heavy atom. The first-order valence-corrected chi connectivity index (χ1v) is 11.4. The van der Waals surface area contributed by atoms with E-state index in [-0.39, 0.29) is 12.8 Å². The Kier molecular flexibility index (Phi) is 12.6. The van der Waals surface area contributed by atoms with E-state index >= 15 is 0 Å². The summed E-state index contributed by atoms with van der Waals surface area (Å²) < 4.78 is 13.6. The summed E-state index contributed by atoms with van der Waals surface area (Å²) in [6.07, 6.45) is 11.1. The number of ether oxygens (including phenoxy) is 1. The Hall–Kier alpha value is -0.240. The third-order valence-electron chi connectivity index (χ3n) is 5.87. The van der Waals surface area contributed by atoms with Crippen molar-refractivity contribution in [3.8, 4) is 0 Å². The Morgan fingerprint density at radius 1 is 0.857 bits per heavy atom. The van der Waals surface area contributed by atoms with Crippen LogP contribution < -0.4 is 5.73 Å². The topological polar surface area (TPSA) is 116 Å². The van der Waals surface area contributed by atoms with Gasteiger partial charge in [0.05, 0.1) is 12.6 Å². The smallest absolute Gasteiger partial charge is 0.184 e. The van der Waals surface area contributed by atoms with Crippen LogP contribution in [-0.4, -0.2) is 57.2 Å². The molecule has 0 amide bonds. The van der Waals surface area contributed by atoms with Crippen LogP contribution in [-0.2, 0) is 4.74 Å². The van der Waals surface area contributed by atoms with Gasteiger partial charge < -0.3 is 30.9 Å². The first kappa shape index (κ1) is 24.0. The third-order valence-corrected chi connectivity index (χ3v) is 5.87. The standard InChI is InChI=1S/C22H45NO5/c1-2-3-4-5-6-7-8-9-10-11-12-13-14-15-16-22(27)21(23)20(26)19(25)18(17-24)28-22/h18-21,24-27H,2-17,23H2,1H3/t18-,19-,20+,21-,22?/m1/s1/i14D/t14?,18-,19-,20+,21-,22?. The number of aliphatic hydroxyl groups is 4. The quantitative estimate of drug-likeness (QED) is 0.253. The number of hydrogen-bond donors (Lipinski definition) is 5. The molecule has 6 heteroatoms. The molecule has 6 N–H and O–H groups in total. The van der Waals surface area contributed by atoms with E-state index in [4.69, 9.17) is 11.8 Å². The molecule has 1 heterocycles. The summed E-state index contributed by atoms with van der Waals surface area (Å²) in [5.74, 6) is -1.83. The van der Waals surface area contributed by atoms with Gasteiger partial charge in [-0.05, 0) is 6.42 Å². The minimum absolute atomic E-state index is 0.0979. The highest BCUT2D eigenvalue weighted by Gasteiger charge is 2.50. The number of unbranched alkanes of at least 4 members (excludes halogenated alkanes) is 10. The van der Waals surface area contributed by atoms with Crippen molar-refractivity contribution >= 4 is 0 Å². The zero-order chi connectivity index (χ0) is 21.7. The lowest BCUT2D eigenvalue weighted by atomic mass is 9.88. The molecular weight excluding hydrogens is 358 g/mol. The minimum Gasteiger partial charge on any atom is -0.394 e. The van der Waals surface area contributed by atoms with Crippen LogP contribution in [0.5, 0.6) is 0 Å². The molecule has 0 radical (unpaired) electrons. The summed E-state index contributed by atoms with van der Waals surface area (Å²) in [5.41, 5.74) is 5.84. The average Bonchev–Trinajstić information content (AvgIpc) is 2.72. The van der Waals surface area contributed by atoms with Crippen molar-refractivity contribution in [1.82, 2.24) is 0 Å². The van der Waals surface area contributed by atoms with Crippen LogP contribution in [0.1, 0.15) is 105 Å². The molecular formula is C22H45NO5. The van der Waals surface area contributed by atoms with E-state index in [0.29, 0.717) is 6.42 Å². The zero-order valence-corrected chi connectivity index (χ0v) is 17.8. The van der Waals surface area contributed by atoms with Gasteiger partial charge in [-0.2, -0.15) is 0 Å². The van der Waals surface area contributed by atoms with E-state index in [1.165, 1.54) is 57.8 Å². The molecule has 28 heavy (non-hydrogen) atoms. The Bertz CT molecular complexity index is 415. The second-order valence-electron chi connectivity index (χ2n) is 8.34. The molecule has 1 fully saturated rings. The number of aliphatic hydroxyl groups excluding tert-OH is 3. The minimum atomic E-state index is -1.83. The van der Waals surface area contributed by atoms with Gasteiger partial charge in [-0.3, -0.25) is 0 Å². The van der Waals surface area contributed by atoms with E-state index in [1.54, 1.807) is 0 Å². The number of rotatable bonds is 16. The Morgan fingerprint density at radius 2 is 1.36 bits per heavy atom. The van der Waals surface area contributed by atoms with Gasteiger partial charge in [-0.15, -0.1) is 0 Å². The van der Waals surface area contributed by atoms with Gasteiger partial charge in [0.15, 0.2) is 5.79 Å². The summed E-state index contributed by atoms with van der Waals surface area (Å²) in [6.45, 7) is 1.72. The normalized spacial score (nSPS) is 32.3. The van der Waals surface area contributed by atoms with Crippen LogP contribution in [0.15, 0.2) is 0 Å². The van der Waals surface area contributed by atoms with Crippen LogP contribution in [0.4, 0.5) is 0 Å². The van der Waals surface area contributed by atoms with E-state index < -0.39 is 36.7 Å². The SMILES string of the molecule is [2H]C(CCCCCCCCCCCCC)CCC1(O)O[C@H](CO)[C@@H](O)[C@H](O)[C@H]1N. The predicted molar refractivity (Wildman–Crippen MR) is 112 cm³/mol. The summed E-state index contributed by atoms with van der Waals surface area (Å²) in [7, 11) is 0. The Labute approximate surface area is 172 Å². The van der Waals surface area contributed by atoms with Gasteiger partial charge in [-0.25, -0.2) is 0 Å². The highest BCUT2D eigenvalue weighted by molar-refractivity contribution is 4.98. The molecule has 0 aromatic heterocycles. The third kappa shape index (κ3) is 9.06. The van der Waals surface area contributed by atoms with Gasteiger partial charge in [-0.1, -0.05) is 90.4 Å². The fraction of sp³-hybridized carbons (Fsp3) is 1.00. The van der Waals surface area contributed by atoms with Crippen molar-refractivity contribution in [3.05, 3.63) is 0 Å². The predicted octanol–water partition coefficient (Wildman–Crippen LogP) is 2.99. The maximum atomic E-state index is 10.6. The summed E-state index contributed by atoms with van der Waals surface area (Å²) in [4.78, 5) is 0. The highest BCUT2D eigenvalue weighted by atomic mass is 16.6. The first-order valence-electron chi connectivity index (χ1n) is 12.0. The maximum absolute atomic E-state index is 10.6. The van der Waals surface area contributed by atoms with Crippen LogP contribution in [0.2, 0.25) is 0 Å². The molecule has 1 rings (SSSR count). The molecule has 2 unspecified atom stereocenters. The molecule has 6 atom stereocenters. The zero-order valence-electron chi connectivity index (χ0n) is 18.8. The van der Waals surface area contributed by atoms with Gasteiger partial charge in [0.25, 0.3) is 0 Å². The Balaban J connectivity index is 2.12. The molecule has 0 bridgehead atoms. The molecule has 1 saturated heterocycles. The van der Waals surface area contributed by atoms with Crippen molar-refractivity contribution in [2.24, 2.45) is 5.73 Å². The van der Waals surface area contributed by atoms with Gasteiger partial charge >= 0.3 is 0 Å². The monoisotopic (exact) mass is 404 g/mol. The lowest BCUT2D eigenvalue weighted by Gasteiger charge is -2.46. The van der Waals surface area contributed by atoms with Crippen molar-refractivity contribution in [2.75, 3.05) is 6.61 Å². The number of hydrogen-bond acceptors (Lipinski definition) is 6. The fourth-order valence-corrected chi connectivity index (χ4v) is 3.89. The van der Waals surface area contributed by atoms with E-state index in [9.17, 15) is 20.4 Å². The first-order chi connectivity index (χ1) is 13.9. The van der Waals surface area contributed by atoms with Crippen molar-refractivity contribution in [1.29, 1.82) is 0 Å². The van der Waals surface area contributed by atoms with Crippen molar-refractivity contribution in [2.45, 2.75) is 133 Å². The highest BCUT2D eigenvalue weighted by Crippen LogP contribution is 2.31. The molecule has 0 spiro atoms. The molecule has 0 aromatic carbocycles. The van der Waals surface area contributed by atoms with Gasteiger partial charge in [0.1, 0.15) is 18.3 Å². The maximum Gasteiger partial charge on any atom is 0.184 e. The van der Waals surface area contributed by atoms with Gasteiger partial charge in [0.2, 0.25) is 0 Å². The molecule has 168 valence electrons. The summed E-state index contributed by atoms with van der Waals surface area (Å²) >= 11 is 0. The van der Waals surface area contributed by atoms with Crippen molar-refractivity contribution in [3.63, 3.8) is 0 Å². The second kappa shape index (κ2) is 14.7. The van der Waals surface area contributed by atoms with Crippen LogP contribution in [0.3, 0.4) is 0 Å². The van der Waals surface area contributed by atoms with E-state index in [0.717, 1.165) is 19.3 Å². The van der Waals surface area contributed by atoms with E-state index in [1.807, 2.05) is 0 Å². The lowest BCUT2D eigenvalue weighted by Crippen LogP contribution is -2.68. The molecule has 0 aromatic rings. The van der Waals surface area contributed by atoms with Crippen LogP contribution in [0.25, 0.3) is 0 Å². The van der Waals surface area contributed by atoms with Crippen LogP contribution in [0, 0.1) is 0 Å². The molecule has 1 aliphatic rings. The molecule has 0 saturated carbocycles. The molecule has 1 aliphatic heterocycles. The second-order valence-corrected chi connectivity index (χ2v) is 8.34. The van der Waals surface area contributed by atoms with Crippen molar-refractivity contribution < 1.29 is 26.5 Å². The largest absolute Gasteiger partial charge is 0.394 e.